The van der Waals surface area contributed by atoms with Crippen LogP contribution in [0.4, 0.5) is 11.6 Å². The molecule has 20 heavy (non-hydrogen) atoms. The summed E-state index contributed by atoms with van der Waals surface area (Å²) in [6.07, 6.45) is 5.74. The van der Waals surface area contributed by atoms with Gasteiger partial charge >= 0.3 is 0 Å². The summed E-state index contributed by atoms with van der Waals surface area (Å²) < 4.78 is 0. The predicted molar refractivity (Wildman–Crippen MR) is 87.6 cm³/mol. The first-order valence-corrected chi connectivity index (χ1v) is 8.11. The largest absolute Gasteiger partial charge is 0.370 e. The Morgan fingerprint density at radius 1 is 1.00 bits per heavy atom. The Morgan fingerprint density at radius 2 is 1.65 bits per heavy atom. The molecule has 0 saturated carbocycles. The van der Waals surface area contributed by atoms with Crippen molar-refractivity contribution < 1.29 is 0 Å². The third kappa shape index (κ3) is 5.35. The zero-order valence-electron chi connectivity index (χ0n) is 13.6. The maximum absolute atomic E-state index is 4.72. The number of hydrogen-bond acceptors (Lipinski definition) is 4. The lowest BCUT2D eigenvalue weighted by molar-refractivity contribution is 0.668. The molecule has 1 aromatic heterocycles. The molecule has 0 radical (unpaired) electrons. The fourth-order valence-corrected chi connectivity index (χ4v) is 2.11. The SMILES string of the molecule is CCCCN(CCCC)c1cc(NCC)nc(CC)n1. The van der Waals surface area contributed by atoms with Crippen molar-refractivity contribution in [3.8, 4) is 0 Å². The summed E-state index contributed by atoms with van der Waals surface area (Å²) in [5, 5.41) is 3.31. The topological polar surface area (TPSA) is 41.0 Å². The van der Waals surface area contributed by atoms with E-state index in [0.29, 0.717) is 0 Å². The zero-order valence-corrected chi connectivity index (χ0v) is 13.6. The standard InChI is InChI=1S/C16H30N4/c1-5-9-11-20(12-10-6-2)16-13-15(17-8-4)18-14(7-3)19-16/h13H,5-12H2,1-4H3,(H,17,18,19). The zero-order chi connectivity index (χ0) is 14.8. The summed E-state index contributed by atoms with van der Waals surface area (Å²) in [5.41, 5.74) is 0. The minimum atomic E-state index is 0.877. The summed E-state index contributed by atoms with van der Waals surface area (Å²) in [6, 6.07) is 2.09. The summed E-state index contributed by atoms with van der Waals surface area (Å²) in [6.45, 7) is 11.7. The Kier molecular flexibility index (Phi) is 8.00. The van der Waals surface area contributed by atoms with Gasteiger partial charge in [-0.25, -0.2) is 9.97 Å². The average molecular weight is 278 g/mol. The lowest BCUT2D eigenvalue weighted by Crippen LogP contribution is -2.27. The monoisotopic (exact) mass is 278 g/mol. The van der Waals surface area contributed by atoms with E-state index in [9.17, 15) is 0 Å². The molecule has 0 bridgehead atoms. The van der Waals surface area contributed by atoms with Crippen molar-refractivity contribution in [2.24, 2.45) is 0 Å². The number of rotatable bonds is 10. The molecule has 0 aliphatic heterocycles. The quantitative estimate of drug-likeness (QED) is 0.705. The van der Waals surface area contributed by atoms with Crippen LogP contribution in [-0.4, -0.2) is 29.6 Å². The van der Waals surface area contributed by atoms with E-state index in [-0.39, 0.29) is 0 Å². The molecule has 0 spiro atoms. The van der Waals surface area contributed by atoms with Gasteiger partial charge in [0.25, 0.3) is 0 Å². The Bertz CT molecular complexity index is 371. The number of anilines is 2. The molecule has 0 aliphatic rings. The van der Waals surface area contributed by atoms with Crippen molar-refractivity contribution in [2.45, 2.75) is 59.8 Å². The number of nitrogens with zero attached hydrogens (tertiary/aromatic N) is 3. The Labute approximate surface area is 124 Å². The molecule has 1 aromatic rings. The van der Waals surface area contributed by atoms with Crippen molar-refractivity contribution in [1.29, 1.82) is 0 Å². The maximum Gasteiger partial charge on any atom is 0.134 e. The maximum atomic E-state index is 4.72. The second-order valence-electron chi connectivity index (χ2n) is 5.11. The van der Waals surface area contributed by atoms with Crippen molar-refractivity contribution in [3.63, 3.8) is 0 Å². The van der Waals surface area contributed by atoms with E-state index in [1.54, 1.807) is 0 Å². The molecule has 1 heterocycles. The fraction of sp³-hybridized carbons (Fsp3) is 0.750. The number of hydrogen-bond donors (Lipinski definition) is 1. The molecule has 0 atom stereocenters. The molecule has 0 saturated heterocycles. The van der Waals surface area contributed by atoms with E-state index >= 15 is 0 Å². The van der Waals surface area contributed by atoms with Crippen molar-refractivity contribution in [2.75, 3.05) is 29.9 Å². The summed E-state index contributed by atoms with van der Waals surface area (Å²) in [5.74, 6) is 2.96. The van der Waals surface area contributed by atoms with Gasteiger partial charge in [-0.1, -0.05) is 33.6 Å². The third-order valence-electron chi connectivity index (χ3n) is 3.32. The highest BCUT2D eigenvalue weighted by atomic mass is 15.2. The van der Waals surface area contributed by atoms with E-state index in [2.05, 4.69) is 49.0 Å². The lowest BCUT2D eigenvalue weighted by Gasteiger charge is -2.24. The molecule has 0 aliphatic carbocycles. The minimum absolute atomic E-state index is 0.877. The second-order valence-corrected chi connectivity index (χ2v) is 5.11. The van der Waals surface area contributed by atoms with Gasteiger partial charge in [-0.2, -0.15) is 0 Å². The van der Waals surface area contributed by atoms with Gasteiger partial charge in [-0.3, -0.25) is 0 Å². The van der Waals surface area contributed by atoms with Crippen molar-refractivity contribution in [1.82, 2.24) is 9.97 Å². The summed E-state index contributed by atoms with van der Waals surface area (Å²) in [4.78, 5) is 11.7. The lowest BCUT2D eigenvalue weighted by atomic mass is 10.2. The van der Waals surface area contributed by atoms with Crippen LogP contribution in [0.2, 0.25) is 0 Å². The van der Waals surface area contributed by atoms with E-state index in [1.165, 1.54) is 25.7 Å². The Balaban J connectivity index is 2.93. The van der Waals surface area contributed by atoms with E-state index in [4.69, 9.17) is 4.98 Å². The van der Waals surface area contributed by atoms with Gasteiger partial charge in [0, 0.05) is 32.1 Å². The molecule has 0 unspecified atom stereocenters. The first-order chi connectivity index (χ1) is 9.74. The predicted octanol–water partition coefficient (Wildman–Crippen LogP) is 3.88. The third-order valence-corrected chi connectivity index (χ3v) is 3.32. The molecule has 0 aromatic carbocycles. The average Bonchev–Trinajstić information content (AvgIpc) is 2.47. The number of nitrogens with one attached hydrogen (secondary N) is 1. The van der Waals surface area contributed by atoms with Crippen LogP contribution in [0.5, 0.6) is 0 Å². The van der Waals surface area contributed by atoms with E-state index in [1.807, 2.05) is 0 Å². The molecule has 4 nitrogen and oxygen atoms in total. The Hall–Kier alpha value is -1.32. The fourth-order valence-electron chi connectivity index (χ4n) is 2.11. The van der Waals surface area contributed by atoms with Gasteiger partial charge in [0.05, 0.1) is 0 Å². The van der Waals surface area contributed by atoms with Crippen LogP contribution in [-0.2, 0) is 6.42 Å². The van der Waals surface area contributed by atoms with Gasteiger partial charge in [0.2, 0.25) is 0 Å². The van der Waals surface area contributed by atoms with Gasteiger partial charge in [-0.15, -0.1) is 0 Å². The number of aryl methyl sites for hydroxylation is 1. The van der Waals surface area contributed by atoms with Crippen LogP contribution >= 0.6 is 0 Å². The van der Waals surface area contributed by atoms with Gasteiger partial charge < -0.3 is 10.2 Å². The van der Waals surface area contributed by atoms with Crippen LogP contribution in [0.15, 0.2) is 6.07 Å². The molecule has 0 fully saturated rings. The van der Waals surface area contributed by atoms with Gasteiger partial charge in [0.15, 0.2) is 0 Å². The molecule has 1 rings (SSSR count). The minimum Gasteiger partial charge on any atom is -0.370 e. The van der Waals surface area contributed by atoms with E-state index < -0.39 is 0 Å². The molecule has 1 N–H and O–H groups in total. The van der Waals surface area contributed by atoms with E-state index in [0.717, 1.165) is 43.5 Å². The van der Waals surface area contributed by atoms with Crippen LogP contribution in [0.3, 0.4) is 0 Å². The van der Waals surface area contributed by atoms with Crippen molar-refractivity contribution in [3.05, 3.63) is 11.9 Å². The number of aromatic nitrogens is 2. The smallest absolute Gasteiger partial charge is 0.134 e. The first kappa shape index (κ1) is 16.7. The number of unbranched alkanes of at least 4 members (excludes halogenated alkanes) is 2. The summed E-state index contributed by atoms with van der Waals surface area (Å²) in [7, 11) is 0. The highest BCUT2D eigenvalue weighted by Gasteiger charge is 2.10. The summed E-state index contributed by atoms with van der Waals surface area (Å²) >= 11 is 0. The molecular weight excluding hydrogens is 248 g/mol. The molecule has 114 valence electrons. The molecule has 0 amide bonds. The Morgan fingerprint density at radius 3 is 2.15 bits per heavy atom. The second kappa shape index (κ2) is 9.56. The van der Waals surface area contributed by atoms with Gasteiger partial charge in [-0.05, 0) is 19.8 Å². The first-order valence-electron chi connectivity index (χ1n) is 8.11. The highest BCUT2D eigenvalue weighted by Crippen LogP contribution is 2.18. The highest BCUT2D eigenvalue weighted by molar-refractivity contribution is 5.49. The van der Waals surface area contributed by atoms with Gasteiger partial charge in [0.1, 0.15) is 17.5 Å². The van der Waals surface area contributed by atoms with Crippen molar-refractivity contribution >= 4 is 11.6 Å². The van der Waals surface area contributed by atoms with Crippen LogP contribution in [0.25, 0.3) is 0 Å². The van der Waals surface area contributed by atoms with Crippen LogP contribution in [0.1, 0.15) is 59.2 Å². The normalized spacial score (nSPS) is 10.6. The van der Waals surface area contributed by atoms with Crippen LogP contribution < -0.4 is 10.2 Å². The molecular formula is C16H30N4. The molecule has 4 heteroatoms. The van der Waals surface area contributed by atoms with Crippen LogP contribution in [0, 0.1) is 0 Å².